The Balaban J connectivity index is 2.39. The van der Waals surface area contributed by atoms with E-state index in [9.17, 15) is 8.42 Å². The lowest BCUT2D eigenvalue weighted by atomic mass is 10.1. The highest BCUT2D eigenvalue weighted by molar-refractivity contribution is 7.89. The molecule has 0 spiro atoms. The fourth-order valence-electron chi connectivity index (χ4n) is 2.46. The molecule has 1 unspecified atom stereocenters. The van der Waals surface area contributed by atoms with Crippen LogP contribution in [0.15, 0.2) is 23.1 Å². The quantitative estimate of drug-likeness (QED) is 0.899. The van der Waals surface area contributed by atoms with Crippen LogP contribution in [0.2, 0.25) is 0 Å². The lowest BCUT2D eigenvalue weighted by molar-refractivity contribution is 0.329. The van der Waals surface area contributed by atoms with Gasteiger partial charge in [0.05, 0.1) is 22.7 Å². The van der Waals surface area contributed by atoms with Gasteiger partial charge in [0, 0.05) is 6.54 Å². The molecule has 1 aromatic carbocycles. The van der Waals surface area contributed by atoms with Crippen LogP contribution in [0.25, 0.3) is 0 Å². The Morgan fingerprint density at radius 3 is 2.75 bits per heavy atom. The summed E-state index contributed by atoms with van der Waals surface area (Å²) < 4.78 is 26.7. The first kappa shape index (κ1) is 15.0. The molecule has 0 radical (unpaired) electrons. The second kappa shape index (κ2) is 5.92. The predicted molar refractivity (Wildman–Crippen MR) is 76.2 cm³/mol. The number of sulfonamides is 1. The number of hydrogen-bond acceptors (Lipinski definition) is 4. The van der Waals surface area contributed by atoms with Crippen LogP contribution in [0.5, 0.6) is 0 Å². The van der Waals surface area contributed by atoms with Gasteiger partial charge in [-0.15, -0.1) is 0 Å². The SMILES string of the molecule is Cc1cc(S(=O)(=O)N2CCCCCC2N)ccc1C#N. The molecule has 1 aromatic rings. The monoisotopic (exact) mass is 293 g/mol. The Bertz CT molecular complexity index is 634. The first-order valence-corrected chi connectivity index (χ1v) is 8.19. The van der Waals surface area contributed by atoms with Crippen LogP contribution in [-0.2, 0) is 10.0 Å². The van der Waals surface area contributed by atoms with Crippen molar-refractivity contribution in [1.82, 2.24) is 4.31 Å². The minimum Gasteiger partial charge on any atom is -0.315 e. The number of benzene rings is 1. The van der Waals surface area contributed by atoms with Crippen molar-refractivity contribution in [2.45, 2.75) is 43.7 Å². The Labute approximate surface area is 120 Å². The normalized spacial score (nSPS) is 21.1. The molecule has 1 saturated heterocycles. The molecule has 5 nitrogen and oxygen atoms in total. The minimum atomic E-state index is -3.58. The molecule has 0 saturated carbocycles. The molecule has 2 N–H and O–H groups in total. The molecule has 0 aliphatic carbocycles. The summed E-state index contributed by atoms with van der Waals surface area (Å²) >= 11 is 0. The fraction of sp³-hybridized carbons (Fsp3) is 0.500. The maximum absolute atomic E-state index is 12.7. The molecule has 1 fully saturated rings. The van der Waals surface area contributed by atoms with Crippen molar-refractivity contribution in [2.24, 2.45) is 5.73 Å². The van der Waals surface area contributed by atoms with Gasteiger partial charge in [-0.3, -0.25) is 0 Å². The van der Waals surface area contributed by atoms with Gasteiger partial charge >= 0.3 is 0 Å². The van der Waals surface area contributed by atoms with Crippen molar-refractivity contribution in [3.63, 3.8) is 0 Å². The fourth-order valence-corrected chi connectivity index (χ4v) is 4.13. The van der Waals surface area contributed by atoms with Gasteiger partial charge < -0.3 is 5.73 Å². The number of nitrogens with zero attached hydrogens (tertiary/aromatic N) is 2. The molecular weight excluding hydrogens is 274 g/mol. The van der Waals surface area contributed by atoms with Gasteiger partial charge in [-0.2, -0.15) is 9.57 Å². The summed E-state index contributed by atoms with van der Waals surface area (Å²) in [6.45, 7) is 2.20. The van der Waals surface area contributed by atoms with Gasteiger partial charge in [-0.1, -0.05) is 12.8 Å². The maximum atomic E-state index is 12.7. The summed E-state index contributed by atoms with van der Waals surface area (Å²) in [6.07, 6.45) is 3.03. The zero-order valence-electron chi connectivity index (χ0n) is 11.5. The number of aryl methyl sites for hydroxylation is 1. The third-order valence-corrected chi connectivity index (χ3v) is 5.59. The molecule has 0 amide bonds. The highest BCUT2D eigenvalue weighted by atomic mass is 32.2. The highest BCUT2D eigenvalue weighted by Crippen LogP contribution is 2.24. The summed E-state index contributed by atoms with van der Waals surface area (Å²) in [6, 6.07) is 6.62. The molecule has 1 heterocycles. The molecule has 1 aliphatic heterocycles. The summed E-state index contributed by atoms with van der Waals surface area (Å²) in [7, 11) is -3.58. The third kappa shape index (κ3) is 2.85. The van der Waals surface area contributed by atoms with Gasteiger partial charge in [0.25, 0.3) is 0 Å². The van der Waals surface area contributed by atoms with E-state index < -0.39 is 16.2 Å². The zero-order valence-corrected chi connectivity index (χ0v) is 12.4. The minimum absolute atomic E-state index is 0.214. The van der Waals surface area contributed by atoms with E-state index in [2.05, 4.69) is 0 Å². The lowest BCUT2D eigenvalue weighted by Gasteiger charge is -2.26. The van der Waals surface area contributed by atoms with Crippen molar-refractivity contribution in [2.75, 3.05) is 6.54 Å². The molecule has 0 bridgehead atoms. The Hall–Kier alpha value is -1.42. The predicted octanol–water partition coefficient (Wildman–Crippen LogP) is 1.72. The van der Waals surface area contributed by atoms with E-state index in [-0.39, 0.29) is 4.90 Å². The van der Waals surface area contributed by atoms with E-state index in [1.165, 1.54) is 10.4 Å². The van der Waals surface area contributed by atoms with E-state index >= 15 is 0 Å². The second-order valence-corrected chi connectivity index (χ2v) is 7.01. The first-order chi connectivity index (χ1) is 9.46. The second-order valence-electron chi connectivity index (χ2n) is 5.12. The van der Waals surface area contributed by atoms with E-state index in [4.69, 9.17) is 11.0 Å². The summed E-state index contributed by atoms with van der Waals surface area (Å²) in [5.41, 5.74) is 7.14. The Morgan fingerprint density at radius 1 is 1.35 bits per heavy atom. The molecule has 1 aliphatic rings. The van der Waals surface area contributed by atoms with Crippen LogP contribution in [0.1, 0.15) is 36.8 Å². The standard InChI is InChI=1S/C14H19N3O2S/c1-11-9-13(7-6-12(11)10-15)20(18,19)17-8-4-2-3-5-14(17)16/h6-7,9,14H,2-5,8,16H2,1H3. The molecule has 2 rings (SSSR count). The molecule has 6 heteroatoms. The highest BCUT2D eigenvalue weighted by Gasteiger charge is 2.30. The van der Waals surface area contributed by atoms with Crippen LogP contribution in [0.4, 0.5) is 0 Å². The molecule has 20 heavy (non-hydrogen) atoms. The van der Waals surface area contributed by atoms with E-state index in [1.807, 2.05) is 6.07 Å². The first-order valence-electron chi connectivity index (χ1n) is 6.75. The largest absolute Gasteiger partial charge is 0.315 e. The van der Waals surface area contributed by atoms with Crippen LogP contribution in [-0.4, -0.2) is 25.4 Å². The lowest BCUT2D eigenvalue weighted by Crippen LogP contribution is -2.45. The van der Waals surface area contributed by atoms with Crippen molar-refractivity contribution in [1.29, 1.82) is 5.26 Å². The van der Waals surface area contributed by atoms with E-state index in [0.29, 0.717) is 24.1 Å². The molecule has 108 valence electrons. The average Bonchev–Trinajstić information content (AvgIpc) is 2.63. The summed E-state index contributed by atoms with van der Waals surface area (Å²) in [5.74, 6) is 0. The smallest absolute Gasteiger partial charge is 0.244 e. The molecule has 1 atom stereocenters. The molecule has 0 aromatic heterocycles. The van der Waals surface area contributed by atoms with Crippen LogP contribution < -0.4 is 5.73 Å². The van der Waals surface area contributed by atoms with Gasteiger partial charge in [-0.05, 0) is 43.5 Å². The van der Waals surface area contributed by atoms with E-state index in [1.54, 1.807) is 19.1 Å². The van der Waals surface area contributed by atoms with Crippen molar-refractivity contribution in [3.05, 3.63) is 29.3 Å². The number of hydrogen-bond donors (Lipinski definition) is 1. The van der Waals surface area contributed by atoms with Crippen LogP contribution in [0.3, 0.4) is 0 Å². The molecular formula is C14H19N3O2S. The Kier molecular flexibility index (Phi) is 4.43. The van der Waals surface area contributed by atoms with Crippen molar-refractivity contribution in [3.8, 4) is 6.07 Å². The van der Waals surface area contributed by atoms with Gasteiger partial charge in [-0.25, -0.2) is 8.42 Å². The topological polar surface area (TPSA) is 87.2 Å². The summed E-state index contributed by atoms with van der Waals surface area (Å²) in [4.78, 5) is 0.214. The van der Waals surface area contributed by atoms with Gasteiger partial charge in [0.15, 0.2) is 0 Å². The number of nitriles is 1. The number of rotatable bonds is 2. The third-order valence-electron chi connectivity index (χ3n) is 3.67. The maximum Gasteiger partial charge on any atom is 0.244 e. The van der Waals surface area contributed by atoms with Gasteiger partial charge in [0.1, 0.15) is 0 Å². The average molecular weight is 293 g/mol. The van der Waals surface area contributed by atoms with Crippen LogP contribution >= 0.6 is 0 Å². The van der Waals surface area contributed by atoms with Gasteiger partial charge in [0.2, 0.25) is 10.0 Å². The van der Waals surface area contributed by atoms with E-state index in [0.717, 1.165) is 19.3 Å². The Morgan fingerprint density at radius 2 is 2.10 bits per heavy atom. The van der Waals surface area contributed by atoms with Crippen molar-refractivity contribution < 1.29 is 8.42 Å². The summed E-state index contributed by atoms with van der Waals surface area (Å²) in [5, 5.41) is 8.91. The van der Waals surface area contributed by atoms with Crippen molar-refractivity contribution >= 4 is 10.0 Å². The number of nitrogens with two attached hydrogens (primary N) is 1. The zero-order chi connectivity index (χ0) is 14.8. The van der Waals surface area contributed by atoms with Crippen LogP contribution in [0, 0.1) is 18.3 Å².